The lowest BCUT2D eigenvalue weighted by atomic mass is 9.48. The van der Waals surface area contributed by atoms with Gasteiger partial charge in [0.2, 0.25) is 5.91 Å². The molecule has 6 heteroatoms. The average molecular weight is 489 g/mol. The summed E-state index contributed by atoms with van der Waals surface area (Å²) >= 11 is 0. The lowest BCUT2D eigenvalue weighted by Gasteiger charge is -2.64. The zero-order valence-corrected chi connectivity index (χ0v) is 21.2. The van der Waals surface area contributed by atoms with E-state index in [1.807, 2.05) is 55.3 Å². The van der Waals surface area contributed by atoms with E-state index in [4.69, 9.17) is 4.74 Å². The normalized spacial score (nSPS) is 35.0. The Hall–Kier alpha value is -2.57. The molecule has 2 bridgehead atoms. The molecular weight excluding hydrogens is 452 g/mol. The Morgan fingerprint density at radius 1 is 1.17 bits per heavy atom. The number of aromatic hydroxyl groups is 1. The van der Waals surface area contributed by atoms with Crippen molar-refractivity contribution < 1.29 is 19.7 Å². The van der Waals surface area contributed by atoms with Gasteiger partial charge < -0.3 is 19.8 Å². The summed E-state index contributed by atoms with van der Waals surface area (Å²) in [6.07, 6.45) is 5.10. The number of hydrogen-bond acceptors (Lipinski definition) is 5. The SMILES string of the molecule is CC(C(=O)N(C)[C@H]1CC[C@@]2(O)[C@H]3Cc4ccc(O)c5c4[C@@]2(CCN3CC2CC2)[C@H]1O5)c1ccccc1. The van der Waals surface area contributed by atoms with Crippen LogP contribution < -0.4 is 4.74 Å². The first-order valence-electron chi connectivity index (χ1n) is 13.6. The second-order valence-corrected chi connectivity index (χ2v) is 12.0. The molecule has 1 spiro atoms. The molecule has 2 saturated carbocycles. The molecule has 1 unspecified atom stereocenters. The van der Waals surface area contributed by atoms with Crippen molar-refractivity contribution in [2.75, 3.05) is 20.1 Å². The van der Waals surface area contributed by atoms with Gasteiger partial charge in [-0.25, -0.2) is 0 Å². The maximum Gasteiger partial charge on any atom is 0.229 e. The summed E-state index contributed by atoms with van der Waals surface area (Å²) in [6, 6.07) is 13.6. The molecule has 2 aromatic carbocycles. The highest BCUT2D eigenvalue weighted by Gasteiger charge is 2.73. The second-order valence-electron chi connectivity index (χ2n) is 12.0. The lowest BCUT2D eigenvalue weighted by molar-refractivity contribution is -0.200. The number of phenolic OH excluding ortho intramolecular Hbond substituents is 1. The van der Waals surface area contributed by atoms with Crippen molar-refractivity contribution in [2.45, 2.75) is 80.6 Å². The predicted molar refractivity (Wildman–Crippen MR) is 136 cm³/mol. The minimum Gasteiger partial charge on any atom is -0.504 e. The van der Waals surface area contributed by atoms with Gasteiger partial charge in [0.25, 0.3) is 0 Å². The van der Waals surface area contributed by atoms with Crippen molar-refractivity contribution in [3.8, 4) is 11.5 Å². The molecule has 1 saturated heterocycles. The minimum absolute atomic E-state index is 0.0474. The van der Waals surface area contributed by atoms with E-state index in [0.29, 0.717) is 18.6 Å². The Morgan fingerprint density at radius 3 is 2.69 bits per heavy atom. The van der Waals surface area contributed by atoms with Crippen LogP contribution in [0.15, 0.2) is 42.5 Å². The summed E-state index contributed by atoms with van der Waals surface area (Å²) in [5, 5.41) is 23.5. The number of piperidine rings is 1. The Balaban J connectivity index is 1.29. The molecule has 7 rings (SSSR count). The van der Waals surface area contributed by atoms with E-state index in [1.165, 1.54) is 18.4 Å². The van der Waals surface area contributed by atoms with Gasteiger partial charge in [-0.15, -0.1) is 0 Å². The van der Waals surface area contributed by atoms with Gasteiger partial charge in [-0.3, -0.25) is 9.69 Å². The van der Waals surface area contributed by atoms with Crippen LogP contribution in [0.1, 0.15) is 61.6 Å². The lowest BCUT2D eigenvalue weighted by Crippen LogP contribution is -2.78. The maximum atomic E-state index is 13.7. The highest BCUT2D eigenvalue weighted by molar-refractivity contribution is 5.83. The van der Waals surface area contributed by atoms with Crippen LogP contribution in [0.2, 0.25) is 0 Å². The van der Waals surface area contributed by atoms with Crippen LogP contribution in [0.3, 0.4) is 0 Å². The average Bonchev–Trinajstić information content (AvgIpc) is 3.63. The number of likely N-dealkylation sites (tertiary alicyclic amines) is 1. The summed E-state index contributed by atoms with van der Waals surface area (Å²) in [5.74, 6) is 1.24. The molecule has 0 radical (unpaired) electrons. The maximum absolute atomic E-state index is 13.7. The molecule has 2 aliphatic heterocycles. The van der Waals surface area contributed by atoms with Gasteiger partial charge in [0.05, 0.1) is 23.0 Å². The molecule has 3 aliphatic carbocycles. The number of nitrogens with zero attached hydrogens (tertiary/aromatic N) is 2. The number of amides is 1. The van der Waals surface area contributed by atoms with Crippen molar-refractivity contribution in [2.24, 2.45) is 5.92 Å². The number of aliphatic hydroxyl groups is 1. The molecular formula is C30H36N2O4. The van der Waals surface area contributed by atoms with Crippen LogP contribution >= 0.6 is 0 Å². The minimum atomic E-state index is -0.928. The number of hydrogen-bond donors (Lipinski definition) is 2. The third-order valence-electron chi connectivity index (χ3n) is 10.2. The molecule has 36 heavy (non-hydrogen) atoms. The van der Waals surface area contributed by atoms with Gasteiger partial charge >= 0.3 is 0 Å². The first kappa shape index (κ1) is 22.6. The third kappa shape index (κ3) is 2.89. The van der Waals surface area contributed by atoms with Crippen molar-refractivity contribution in [3.05, 3.63) is 59.2 Å². The van der Waals surface area contributed by atoms with E-state index in [9.17, 15) is 15.0 Å². The molecule has 1 amide bonds. The number of ether oxygens (including phenoxy) is 1. The van der Waals surface area contributed by atoms with Crippen LogP contribution in [0, 0.1) is 5.92 Å². The van der Waals surface area contributed by atoms with Crippen molar-refractivity contribution >= 4 is 5.91 Å². The Morgan fingerprint density at radius 2 is 1.94 bits per heavy atom. The van der Waals surface area contributed by atoms with Crippen molar-refractivity contribution in [1.29, 1.82) is 0 Å². The molecule has 190 valence electrons. The number of carbonyl (C=O) groups is 1. The van der Waals surface area contributed by atoms with E-state index in [2.05, 4.69) is 4.90 Å². The fourth-order valence-corrected chi connectivity index (χ4v) is 8.21. The summed E-state index contributed by atoms with van der Waals surface area (Å²) in [7, 11) is 1.89. The monoisotopic (exact) mass is 488 g/mol. The summed E-state index contributed by atoms with van der Waals surface area (Å²) in [5.41, 5.74) is 1.67. The Kier molecular flexibility index (Phi) is 4.85. The van der Waals surface area contributed by atoms with Gasteiger partial charge in [-0.1, -0.05) is 36.4 Å². The van der Waals surface area contributed by atoms with E-state index in [1.54, 1.807) is 6.07 Å². The summed E-state index contributed by atoms with van der Waals surface area (Å²) in [6.45, 7) is 3.95. The standard InChI is InChI=1S/C30H36N2O4/c1-18(20-6-4-3-5-7-20)28(34)31(2)22-12-13-30(35)24-16-21-10-11-23(33)26-25(21)29(30,27(22)36-26)14-15-32(24)17-19-8-9-19/h3-7,10-11,18-19,22,24,27,33,35H,8-9,12-17H2,1-2H3/t18?,22-,24+,27-,29-,30+/m0/s1. The Bertz CT molecular complexity index is 1210. The molecule has 3 fully saturated rings. The summed E-state index contributed by atoms with van der Waals surface area (Å²) < 4.78 is 6.65. The fraction of sp³-hybridized carbons (Fsp3) is 0.567. The third-order valence-corrected chi connectivity index (χ3v) is 10.2. The van der Waals surface area contributed by atoms with E-state index >= 15 is 0 Å². The zero-order valence-electron chi connectivity index (χ0n) is 21.2. The van der Waals surface area contributed by atoms with Gasteiger partial charge in [0, 0.05) is 25.2 Å². The van der Waals surface area contributed by atoms with Gasteiger partial charge in [0.1, 0.15) is 6.10 Å². The summed E-state index contributed by atoms with van der Waals surface area (Å²) in [4.78, 5) is 18.1. The number of rotatable bonds is 5. The zero-order chi connectivity index (χ0) is 24.8. The van der Waals surface area contributed by atoms with Gasteiger partial charge in [0.15, 0.2) is 11.5 Å². The smallest absolute Gasteiger partial charge is 0.229 e. The Labute approximate surface area is 212 Å². The van der Waals surface area contributed by atoms with Gasteiger partial charge in [-0.05, 0) is 75.1 Å². The second kappa shape index (κ2) is 7.72. The highest BCUT2D eigenvalue weighted by atomic mass is 16.5. The molecule has 2 heterocycles. The van der Waals surface area contributed by atoms with Crippen LogP contribution in [0.4, 0.5) is 0 Å². The highest BCUT2D eigenvalue weighted by Crippen LogP contribution is 2.66. The first-order valence-corrected chi connectivity index (χ1v) is 13.6. The molecule has 0 aromatic heterocycles. The molecule has 2 aromatic rings. The number of carbonyl (C=O) groups excluding carboxylic acids is 1. The van der Waals surface area contributed by atoms with Gasteiger partial charge in [-0.2, -0.15) is 0 Å². The van der Waals surface area contributed by atoms with Crippen LogP contribution in [0.5, 0.6) is 11.5 Å². The largest absolute Gasteiger partial charge is 0.504 e. The molecule has 2 N–H and O–H groups in total. The molecule has 6 nitrogen and oxygen atoms in total. The fourth-order valence-electron chi connectivity index (χ4n) is 8.21. The van der Waals surface area contributed by atoms with Crippen molar-refractivity contribution in [3.63, 3.8) is 0 Å². The number of phenols is 1. The topological polar surface area (TPSA) is 73.2 Å². The van der Waals surface area contributed by atoms with E-state index in [0.717, 1.165) is 43.0 Å². The van der Waals surface area contributed by atoms with E-state index < -0.39 is 11.0 Å². The first-order chi connectivity index (χ1) is 17.3. The quantitative estimate of drug-likeness (QED) is 0.673. The van der Waals surface area contributed by atoms with Crippen LogP contribution in [-0.4, -0.2) is 69.8 Å². The molecule has 5 aliphatic rings. The van der Waals surface area contributed by atoms with Crippen LogP contribution in [0.25, 0.3) is 0 Å². The molecule has 6 atom stereocenters. The van der Waals surface area contributed by atoms with E-state index in [-0.39, 0.29) is 35.8 Å². The number of likely N-dealkylation sites (N-methyl/N-ethyl adjacent to an activating group) is 1. The van der Waals surface area contributed by atoms with Crippen molar-refractivity contribution in [1.82, 2.24) is 9.80 Å². The predicted octanol–water partition coefficient (Wildman–Crippen LogP) is 3.59. The van der Waals surface area contributed by atoms with Crippen LogP contribution in [-0.2, 0) is 16.6 Å². The number of benzene rings is 2.